The molecule has 24 heavy (non-hydrogen) atoms. The summed E-state index contributed by atoms with van der Waals surface area (Å²) in [5.74, 6) is 0.588. The van der Waals surface area contributed by atoms with Gasteiger partial charge in [-0.2, -0.15) is 4.98 Å². The molecule has 2 aromatic heterocycles. The summed E-state index contributed by atoms with van der Waals surface area (Å²) in [6, 6.07) is 4.59. The third-order valence-electron chi connectivity index (χ3n) is 2.85. The molecular formula is C13H11BrFN5O3S. The Morgan fingerprint density at radius 1 is 1.29 bits per heavy atom. The Morgan fingerprint density at radius 2 is 2.12 bits per heavy atom. The molecule has 0 aliphatic rings. The van der Waals surface area contributed by atoms with Crippen molar-refractivity contribution < 1.29 is 19.0 Å². The first kappa shape index (κ1) is 18.2. The minimum absolute atomic E-state index is 0. The Morgan fingerprint density at radius 3 is 2.83 bits per heavy atom. The summed E-state index contributed by atoms with van der Waals surface area (Å²) in [6.07, 6.45) is 1.52. The average Bonchev–Trinajstić information content (AvgIpc) is 3.19. The van der Waals surface area contributed by atoms with E-state index in [1.54, 1.807) is 12.1 Å². The van der Waals surface area contributed by atoms with Gasteiger partial charge in [-0.05, 0) is 43.9 Å². The smallest absolute Gasteiger partial charge is 0.213 e. The van der Waals surface area contributed by atoms with Crippen molar-refractivity contribution in [3.8, 4) is 0 Å². The van der Waals surface area contributed by atoms with Crippen molar-refractivity contribution in [2.24, 2.45) is 0 Å². The molecule has 0 fully saturated rings. The summed E-state index contributed by atoms with van der Waals surface area (Å²) < 4.78 is 23.0. The summed E-state index contributed by atoms with van der Waals surface area (Å²) in [7, 11) is 0. The fraction of sp³-hybridized carbons (Fsp3) is 0.154. The van der Waals surface area contributed by atoms with Crippen LogP contribution in [0, 0.1) is 11.2 Å². The quantitative estimate of drug-likeness (QED) is 0.482. The Bertz CT molecular complexity index is 827. The van der Waals surface area contributed by atoms with Crippen LogP contribution in [-0.2, 0) is 12.2 Å². The first-order chi connectivity index (χ1) is 11.1. The fourth-order valence-electron chi connectivity index (χ4n) is 1.79. The SMILES string of the molecule is N=C(Cc1ccc(F)c(Br)c1)c1nonc1SCc1ncon1.O. The van der Waals surface area contributed by atoms with Gasteiger partial charge in [0, 0.05) is 6.42 Å². The number of rotatable bonds is 6. The summed E-state index contributed by atoms with van der Waals surface area (Å²) in [6.45, 7) is 0. The summed E-state index contributed by atoms with van der Waals surface area (Å²) >= 11 is 4.42. The highest BCUT2D eigenvalue weighted by atomic mass is 79.9. The van der Waals surface area contributed by atoms with E-state index < -0.39 is 0 Å². The van der Waals surface area contributed by atoms with Crippen LogP contribution in [-0.4, -0.2) is 31.6 Å². The molecule has 0 spiro atoms. The van der Waals surface area contributed by atoms with E-state index in [9.17, 15) is 4.39 Å². The van der Waals surface area contributed by atoms with E-state index in [4.69, 9.17) is 10.0 Å². The average molecular weight is 416 g/mol. The Kier molecular flexibility index (Phi) is 6.17. The lowest BCUT2D eigenvalue weighted by atomic mass is 10.1. The molecule has 0 bridgehead atoms. The van der Waals surface area contributed by atoms with Crippen LogP contribution < -0.4 is 0 Å². The van der Waals surface area contributed by atoms with Gasteiger partial charge >= 0.3 is 0 Å². The Balaban J connectivity index is 0.00000208. The van der Waals surface area contributed by atoms with Crippen molar-refractivity contribution >= 4 is 33.4 Å². The van der Waals surface area contributed by atoms with E-state index in [1.165, 1.54) is 24.2 Å². The number of thioether (sulfide) groups is 1. The normalized spacial score (nSPS) is 10.4. The van der Waals surface area contributed by atoms with Gasteiger partial charge in [0.15, 0.2) is 16.5 Å². The first-order valence-electron chi connectivity index (χ1n) is 6.36. The third-order valence-corrected chi connectivity index (χ3v) is 4.41. The van der Waals surface area contributed by atoms with Crippen molar-refractivity contribution in [3.05, 3.63) is 52.0 Å². The summed E-state index contributed by atoms with van der Waals surface area (Å²) in [4.78, 5) is 3.90. The standard InChI is InChI=1S/C13H9BrFN5O2S.H2O/c14-8-3-7(1-2-9(8)15)4-10(16)12-13(20-22-19-12)23-5-11-17-6-21-18-11;/h1-3,6,16H,4-5H2;1H2. The second-order valence-electron chi connectivity index (χ2n) is 4.46. The maximum Gasteiger partial charge on any atom is 0.213 e. The Hall–Kier alpha value is -2.11. The molecule has 0 unspecified atom stereocenters. The molecule has 8 nitrogen and oxygen atoms in total. The number of hydrogen-bond donors (Lipinski definition) is 1. The number of nitrogens with one attached hydrogen (secondary N) is 1. The van der Waals surface area contributed by atoms with Crippen LogP contribution in [0.25, 0.3) is 0 Å². The highest BCUT2D eigenvalue weighted by molar-refractivity contribution is 9.10. The van der Waals surface area contributed by atoms with Gasteiger partial charge in [0.05, 0.1) is 15.9 Å². The molecule has 0 radical (unpaired) electrons. The van der Waals surface area contributed by atoms with Gasteiger partial charge in [-0.1, -0.05) is 23.0 Å². The lowest BCUT2D eigenvalue weighted by Crippen LogP contribution is -2.06. The molecule has 0 aliphatic heterocycles. The third kappa shape index (κ3) is 4.24. The highest BCUT2D eigenvalue weighted by Crippen LogP contribution is 2.24. The molecular weight excluding hydrogens is 405 g/mol. The molecule has 1 aromatic carbocycles. The molecule has 126 valence electrons. The summed E-state index contributed by atoms with van der Waals surface area (Å²) in [5, 5.41) is 19.9. The van der Waals surface area contributed by atoms with Gasteiger partial charge in [0.25, 0.3) is 0 Å². The molecule has 0 saturated carbocycles. The topological polar surface area (TPSA) is 133 Å². The van der Waals surface area contributed by atoms with Crippen molar-refractivity contribution in [1.82, 2.24) is 20.5 Å². The molecule has 11 heteroatoms. The summed E-state index contributed by atoms with van der Waals surface area (Å²) in [5.41, 5.74) is 1.35. The van der Waals surface area contributed by atoms with Crippen molar-refractivity contribution in [1.29, 1.82) is 5.41 Å². The van der Waals surface area contributed by atoms with Gasteiger partial charge in [-0.25, -0.2) is 9.02 Å². The molecule has 3 rings (SSSR count). The fourth-order valence-corrected chi connectivity index (χ4v) is 2.99. The number of halogens is 2. The molecule has 0 aliphatic carbocycles. The largest absolute Gasteiger partial charge is 0.412 e. The number of hydrogen-bond acceptors (Lipinski definition) is 8. The van der Waals surface area contributed by atoms with Crippen LogP contribution in [0.5, 0.6) is 0 Å². The zero-order chi connectivity index (χ0) is 16.2. The molecule has 0 saturated heterocycles. The van der Waals surface area contributed by atoms with Crippen molar-refractivity contribution in [2.75, 3.05) is 0 Å². The maximum absolute atomic E-state index is 13.2. The number of benzene rings is 1. The zero-order valence-electron chi connectivity index (χ0n) is 12.0. The van der Waals surface area contributed by atoms with E-state index in [1.807, 2.05) is 0 Å². The van der Waals surface area contributed by atoms with Crippen molar-refractivity contribution in [3.63, 3.8) is 0 Å². The van der Waals surface area contributed by atoms with E-state index in [0.717, 1.165) is 5.56 Å². The van der Waals surface area contributed by atoms with Crippen LogP contribution in [0.3, 0.4) is 0 Å². The molecule has 0 amide bonds. The van der Waals surface area contributed by atoms with Crippen LogP contribution in [0.15, 0.2) is 43.2 Å². The van der Waals surface area contributed by atoms with E-state index in [2.05, 4.69) is 40.9 Å². The van der Waals surface area contributed by atoms with Gasteiger partial charge < -0.3 is 15.4 Å². The highest BCUT2D eigenvalue weighted by Gasteiger charge is 2.17. The monoisotopic (exact) mass is 415 g/mol. The minimum Gasteiger partial charge on any atom is -0.412 e. The van der Waals surface area contributed by atoms with Crippen molar-refractivity contribution in [2.45, 2.75) is 17.2 Å². The number of nitrogens with zero attached hydrogens (tertiary/aromatic N) is 4. The zero-order valence-corrected chi connectivity index (χ0v) is 14.4. The predicted molar refractivity (Wildman–Crippen MR) is 86.4 cm³/mol. The van der Waals surface area contributed by atoms with Gasteiger partial charge in [-0.15, -0.1) is 0 Å². The van der Waals surface area contributed by atoms with Gasteiger partial charge in [0.2, 0.25) is 6.39 Å². The first-order valence-corrected chi connectivity index (χ1v) is 8.13. The minimum atomic E-state index is -0.347. The maximum atomic E-state index is 13.2. The van der Waals surface area contributed by atoms with Gasteiger partial charge in [-0.3, -0.25) is 0 Å². The molecule has 0 atom stereocenters. The lowest BCUT2D eigenvalue weighted by molar-refractivity contribution is 0.298. The van der Waals surface area contributed by atoms with Gasteiger partial charge in [0.1, 0.15) is 5.82 Å². The number of aromatic nitrogens is 4. The Labute approximate surface area is 147 Å². The predicted octanol–water partition coefficient (Wildman–Crippen LogP) is 2.43. The van der Waals surface area contributed by atoms with E-state index >= 15 is 0 Å². The molecule has 3 N–H and O–H groups in total. The van der Waals surface area contributed by atoms with E-state index in [0.29, 0.717) is 26.8 Å². The lowest BCUT2D eigenvalue weighted by Gasteiger charge is -2.03. The second kappa shape index (κ2) is 8.13. The van der Waals surface area contributed by atoms with Crippen LogP contribution in [0.1, 0.15) is 17.1 Å². The second-order valence-corrected chi connectivity index (χ2v) is 6.28. The molecule has 3 aromatic rings. The van der Waals surface area contributed by atoms with E-state index in [-0.39, 0.29) is 23.4 Å². The van der Waals surface area contributed by atoms with Crippen LogP contribution in [0.4, 0.5) is 4.39 Å². The van der Waals surface area contributed by atoms with Crippen LogP contribution in [0.2, 0.25) is 0 Å². The molecule has 2 heterocycles. The van der Waals surface area contributed by atoms with Crippen LogP contribution >= 0.6 is 27.7 Å².